The van der Waals surface area contributed by atoms with Gasteiger partial charge in [0.1, 0.15) is 0 Å². The van der Waals surface area contributed by atoms with Gasteiger partial charge in [0.25, 0.3) is 0 Å². The van der Waals surface area contributed by atoms with Crippen molar-refractivity contribution in [3.63, 3.8) is 0 Å². The first-order valence-corrected chi connectivity index (χ1v) is 7.96. The predicted octanol–water partition coefficient (Wildman–Crippen LogP) is -0.619. The molecule has 0 saturated heterocycles. The summed E-state index contributed by atoms with van der Waals surface area (Å²) in [6, 6.07) is 11.1. The molecule has 120 valence electrons. The fourth-order valence-electron chi connectivity index (χ4n) is 2.45. The zero-order valence-electron chi connectivity index (χ0n) is 13.4. The molecule has 0 aliphatic rings. The van der Waals surface area contributed by atoms with Crippen LogP contribution in [0.3, 0.4) is 0 Å². The molecular weight excluding hydrogens is 306 g/mol. The highest BCUT2D eigenvalue weighted by molar-refractivity contribution is 5.37. The van der Waals surface area contributed by atoms with Crippen molar-refractivity contribution in [2.75, 3.05) is 0 Å². The Kier molecular flexibility index (Phi) is 6.05. The van der Waals surface area contributed by atoms with Crippen molar-refractivity contribution < 1.29 is 33.4 Å². The highest BCUT2D eigenvalue weighted by Crippen LogP contribution is 2.13. The molecule has 0 aliphatic heterocycles. The lowest BCUT2D eigenvalue weighted by Crippen LogP contribution is -2.58. The molecule has 0 radical (unpaired) electrons. The van der Waals surface area contributed by atoms with E-state index in [1.54, 1.807) is 0 Å². The van der Waals surface area contributed by atoms with Crippen molar-refractivity contribution >= 4 is 0 Å². The van der Waals surface area contributed by atoms with E-state index in [0.717, 1.165) is 0 Å². The van der Waals surface area contributed by atoms with Gasteiger partial charge in [0.15, 0.2) is 11.4 Å². The van der Waals surface area contributed by atoms with Gasteiger partial charge in [-0.05, 0) is 31.9 Å². The molecule has 1 heterocycles. The van der Waals surface area contributed by atoms with Gasteiger partial charge in [-0.1, -0.05) is 12.1 Å². The van der Waals surface area contributed by atoms with Crippen LogP contribution in [0.1, 0.15) is 28.1 Å². The highest BCUT2D eigenvalue weighted by atomic mass is 35.7. The molecule has 1 aromatic carbocycles. The molecule has 2 aromatic rings. The number of halogens is 1. The number of hydrogen-bond acceptors (Lipinski definition) is 4. The molecular formula is C16H21ClNO4+. The van der Waals surface area contributed by atoms with Crippen LogP contribution in [0, 0.1) is 44.9 Å². The maximum absolute atomic E-state index is 8.60. The third kappa shape index (κ3) is 5.71. The monoisotopic (exact) mass is 326 g/mol. The summed E-state index contributed by atoms with van der Waals surface area (Å²) in [7, 11) is -4.69. The summed E-state index contributed by atoms with van der Waals surface area (Å²) in [5.41, 5.74) is 7.81. The molecule has 22 heavy (non-hydrogen) atoms. The first kappa shape index (κ1) is 18.5. The molecule has 0 saturated carbocycles. The van der Waals surface area contributed by atoms with Gasteiger partial charge < -0.3 is 0 Å². The smallest absolute Gasteiger partial charge is 0.183 e. The molecule has 6 heteroatoms. The lowest BCUT2D eigenvalue weighted by molar-refractivity contribution is -1.92. The largest absolute Gasteiger partial charge is 0.214 e. The van der Waals surface area contributed by atoms with Crippen molar-refractivity contribution in [3.8, 4) is 5.69 Å². The summed E-state index contributed by atoms with van der Waals surface area (Å²) in [5, 5.41) is 0. The molecule has 0 bridgehead atoms. The molecule has 0 fully saturated rings. The second-order valence-corrected chi connectivity index (χ2v) is 6.13. The van der Waals surface area contributed by atoms with Crippen molar-refractivity contribution in [2.24, 2.45) is 0 Å². The minimum absolute atomic E-state index is 1.29. The van der Waals surface area contributed by atoms with E-state index in [1.807, 2.05) is 0 Å². The fraction of sp³-hybridized carbons (Fsp3) is 0.312. The molecule has 0 aliphatic carbocycles. The molecule has 0 amide bonds. The van der Waals surface area contributed by atoms with Gasteiger partial charge in [-0.2, -0.15) is 18.5 Å². The average molecular weight is 327 g/mol. The van der Waals surface area contributed by atoms with E-state index in [1.165, 1.54) is 33.8 Å². The van der Waals surface area contributed by atoms with Gasteiger partial charge in [-0.3, -0.25) is 0 Å². The maximum Gasteiger partial charge on any atom is 0.214 e. The van der Waals surface area contributed by atoms with Crippen LogP contribution < -0.4 is 18.5 Å². The Morgan fingerprint density at radius 2 is 1.27 bits per heavy atom. The van der Waals surface area contributed by atoms with Crippen molar-refractivity contribution in [2.45, 2.75) is 34.6 Å². The number of nitrogens with zero attached hydrogens (tertiary/aromatic N) is 1. The summed E-state index contributed by atoms with van der Waals surface area (Å²) in [6.07, 6.45) is 0. The van der Waals surface area contributed by atoms with Gasteiger partial charge in [0.05, 0.1) is 14.9 Å². The van der Waals surface area contributed by atoms with Crippen LogP contribution in [-0.4, -0.2) is 4.66 Å². The zero-order chi connectivity index (χ0) is 17.1. The fourth-order valence-corrected chi connectivity index (χ4v) is 2.45. The molecule has 1 N–H and O–H groups in total. The Labute approximate surface area is 132 Å². The SMILES string of the molecule is Cc1ccc(C)c(-[n+]2c(C)cc(C)cc2C)c1.[O-][Cl+3]([O-])([O-])O. The van der Waals surface area contributed by atoms with Crippen LogP contribution in [0.5, 0.6) is 0 Å². The molecule has 0 unspecified atom stereocenters. The number of benzene rings is 1. The number of hydrogen-bond donors (Lipinski definition) is 1. The Bertz CT molecular complexity index is 637. The van der Waals surface area contributed by atoms with Gasteiger partial charge >= 0.3 is 0 Å². The quantitative estimate of drug-likeness (QED) is 0.707. The Morgan fingerprint density at radius 1 is 0.818 bits per heavy atom. The molecule has 0 spiro atoms. The lowest BCUT2D eigenvalue weighted by Gasteiger charge is -2.07. The van der Waals surface area contributed by atoms with E-state index < -0.39 is 10.2 Å². The van der Waals surface area contributed by atoms with Gasteiger partial charge in [-0.25, -0.2) is 0 Å². The zero-order valence-corrected chi connectivity index (χ0v) is 14.1. The van der Waals surface area contributed by atoms with Gasteiger partial charge in [0.2, 0.25) is 5.69 Å². The second kappa shape index (κ2) is 7.17. The van der Waals surface area contributed by atoms with Crippen molar-refractivity contribution in [1.29, 1.82) is 0 Å². The number of aryl methyl sites for hydroxylation is 5. The normalized spacial score (nSPS) is 11.0. The first-order chi connectivity index (χ1) is 9.99. The highest BCUT2D eigenvalue weighted by Gasteiger charge is 2.17. The van der Waals surface area contributed by atoms with Gasteiger partial charge in [-0.15, -0.1) is 0 Å². The van der Waals surface area contributed by atoms with E-state index >= 15 is 0 Å². The molecule has 2 rings (SSSR count). The summed E-state index contributed by atoms with van der Waals surface area (Å²) in [4.78, 5) is 0. The third-order valence-corrected chi connectivity index (χ3v) is 3.18. The van der Waals surface area contributed by atoms with Gasteiger partial charge in [0, 0.05) is 37.6 Å². The lowest BCUT2D eigenvalue weighted by atomic mass is 10.1. The van der Waals surface area contributed by atoms with E-state index in [2.05, 4.69) is 69.5 Å². The number of aromatic nitrogens is 1. The summed E-state index contributed by atoms with van der Waals surface area (Å²) < 4.78 is 35.1. The van der Waals surface area contributed by atoms with E-state index in [-0.39, 0.29) is 0 Å². The first-order valence-electron chi connectivity index (χ1n) is 6.70. The van der Waals surface area contributed by atoms with Crippen LogP contribution in [0.4, 0.5) is 0 Å². The summed E-state index contributed by atoms with van der Waals surface area (Å²) in [6.45, 7) is 10.8. The Hall–Kier alpha value is -1.50. The standard InChI is InChI=1S/C16H20N.ClHO4/c1-11-6-7-13(3)16(10-11)17-14(4)8-12(2)9-15(17)5;2-1(3,4)5/h6-10H,1-5H3;(H,2,3,4,5)/q+1;. The molecule has 0 atom stereocenters. The van der Waals surface area contributed by atoms with Crippen LogP contribution >= 0.6 is 0 Å². The minimum Gasteiger partial charge on any atom is -0.183 e. The second-order valence-electron chi connectivity index (χ2n) is 5.34. The maximum atomic E-state index is 8.60. The number of pyridine rings is 1. The average Bonchev–Trinajstić information content (AvgIpc) is 2.30. The summed E-state index contributed by atoms with van der Waals surface area (Å²) >= 11 is 0. The Balaban J connectivity index is 0.000000422. The van der Waals surface area contributed by atoms with Crippen LogP contribution in [0.25, 0.3) is 5.69 Å². The van der Waals surface area contributed by atoms with E-state index in [9.17, 15) is 0 Å². The van der Waals surface area contributed by atoms with Crippen LogP contribution in [0.15, 0.2) is 30.3 Å². The van der Waals surface area contributed by atoms with E-state index in [4.69, 9.17) is 18.6 Å². The van der Waals surface area contributed by atoms with E-state index in [0.29, 0.717) is 0 Å². The Morgan fingerprint density at radius 3 is 1.73 bits per heavy atom. The topological polar surface area (TPSA) is 93.3 Å². The predicted molar refractivity (Wildman–Crippen MR) is 73.9 cm³/mol. The van der Waals surface area contributed by atoms with Crippen molar-refractivity contribution in [1.82, 2.24) is 0 Å². The van der Waals surface area contributed by atoms with Crippen LogP contribution in [0.2, 0.25) is 0 Å². The molecule has 5 nitrogen and oxygen atoms in total. The van der Waals surface area contributed by atoms with Crippen LogP contribution in [-0.2, 0) is 0 Å². The molecule has 1 aromatic heterocycles. The van der Waals surface area contributed by atoms with Crippen molar-refractivity contribution in [3.05, 3.63) is 58.4 Å². The third-order valence-electron chi connectivity index (χ3n) is 3.18. The minimum atomic E-state index is -4.69. The summed E-state index contributed by atoms with van der Waals surface area (Å²) in [5.74, 6) is 0. The number of rotatable bonds is 1.